The molecule has 3 heterocycles. The van der Waals surface area contributed by atoms with Gasteiger partial charge in [-0.15, -0.1) is 11.3 Å². The van der Waals surface area contributed by atoms with Gasteiger partial charge in [0.15, 0.2) is 0 Å². The number of hydrogen-bond acceptors (Lipinski definition) is 5. The molecule has 7 heteroatoms. The van der Waals surface area contributed by atoms with E-state index in [0.29, 0.717) is 11.7 Å². The molecule has 0 spiro atoms. The van der Waals surface area contributed by atoms with Crippen LogP contribution in [-0.2, 0) is 11.3 Å². The Morgan fingerprint density at radius 2 is 2.19 bits per heavy atom. The predicted octanol–water partition coefficient (Wildman–Crippen LogP) is 2.40. The summed E-state index contributed by atoms with van der Waals surface area (Å²) in [5, 5.41) is 3.42. The van der Waals surface area contributed by atoms with Crippen molar-refractivity contribution in [1.82, 2.24) is 19.8 Å². The van der Waals surface area contributed by atoms with Gasteiger partial charge in [0.05, 0.1) is 6.54 Å². The molecule has 1 amide bonds. The predicted molar refractivity (Wildman–Crippen MR) is 84.6 cm³/mol. The summed E-state index contributed by atoms with van der Waals surface area (Å²) in [4.78, 5) is 25.5. The third-order valence-corrected chi connectivity index (χ3v) is 4.82. The Bertz CT molecular complexity index is 659. The first-order valence-electron chi connectivity index (χ1n) is 7.01. The molecule has 1 saturated heterocycles. The number of aromatic nitrogens is 2. The van der Waals surface area contributed by atoms with E-state index < -0.39 is 0 Å². The van der Waals surface area contributed by atoms with Crippen LogP contribution in [0, 0.1) is 0 Å². The average molecular weight is 325 g/mol. The molecule has 1 fully saturated rings. The molecule has 3 rings (SSSR count). The van der Waals surface area contributed by atoms with Crippen molar-refractivity contribution < 1.29 is 4.79 Å². The molecule has 0 bridgehead atoms. The first-order valence-corrected chi connectivity index (χ1v) is 8.27. The number of amides is 1. The molecule has 112 valence electrons. The highest BCUT2D eigenvalue weighted by Crippen LogP contribution is 2.25. The number of halogens is 1. The maximum atomic E-state index is 11.4. The van der Waals surface area contributed by atoms with E-state index in [0.717, 1.165) is 48.6 Å². The van der Waals surface area contributed by atoms with Gasteiger partial charge in [-0.05, 0) is 17.9 Å². The number of nitrogens with zero attached hydrogens (tertiary/aromatic N) is 4. The molecule has 0 aromatic carbocycles. The summed E-state index contributed by atoms with van der Waals surface area (Å²) in [6.45, 7) is 5.71. The molecule has 21 heavy (non-hydrogen) atoms. The van der Waals surface area contributed by atoms with Crippen LogP contribution in [0.25, 0.3) is 10.2 Å². The Balaban J connectivity index is 1.71. The molecule has 0 atom stereocenters. The summed E-state index contributed by atoms with van der Waals surface area (Å²) in [6, 6.07) is 1.95. The van der Waals surface area contributed by atoms with Gasteiger partial charge in [0.2, 0.25) is 5.91 Å². The third-order valence-electron chi connectivity index (χ3n) is 3.72. The van der Waals surface area contributed by atoms with E-state index >= 15 is 0 Å². The van der Waals surface area contributed by atoms with Crippen molar-refractivity contribution in [3.63, 3.8) is 0 Å². The van der Waals surface area contributed by atoms with Gasteiger partial charge in [-0.1, -0.05) is 11.6 Å². The van der Waals surface area contributed by atoms with Gasteiger partial charge in [0, 0.05) is 38.5 Å². The molecule has 0 radical (unpaired) electrons. The topological polar surface area (TPSA) is 49.3 Å². The summed E-state index contributed by atoms with van der Waals surface area (Å²) in [7, 11) is 0. The Morgan fingerprint density at radius 1 is 1.33 bits per heavy atom. The minimum absolute atomic E-state index is 0.149. The van der Waals surface area contributed by atoms with Crippen LogP contribution in [0.15, 0.2) is 11.4 Å². The lowest BCUT2D eigenvalue weighted by atomic mass is 10.3. The fourth-order valence-corrected chi connectivity index (χ4v) is 3.66. The SMILES string of the molecule is CC(=O)N1CCCN(Cc2nc(Cl)c3ccsc3n2)CC1. The van der Waals surface area contributed by atoms with Gasteiger partial charge < -0.3 is 4.90 Å². The summed E-state index contributed by atoms with van der Waals surface area (Å²) in [5.74, 6) is 0.905. The molecule has 2 aromatic rings. The highest BCUT2D eigenvalue weighted by Gasteiger charge is 2.18. The second-order valence-corrected chi connectivity index (χ2v) is 6.46. The molecule has 1 aliphatic heterocycles. The molecular formula is C14H17ClN4OS. The van der Waals surface area contributed by atoms with Gasteiger partial charge >= 0.3 is 0 Å². The fourth-order valence-electron chi connectivity index (χ4n) is 2.58. The Kier molecular flexibility index (Phi) is 4.37. The number of hydrogen-bond donors (Lipinski definition) is 0. The van der Waals surface area contributed by atoms with Crippen LogP contribution in [0.1, 0.15) is 19.2 Å². The average Bonchev–Trinajstić information content (AvgIpc) is 2.78. The van der Waals surface area contributed by atoms with Crippen LogP contribution in [0.5, 0.6) is 0 Å². The molecule has 5 nitrogen and oxygen atoms in total. The molecule has 0 N–H and O–H groups in total. The molecule has 0 aliphatic carbocycles. The lowest BCUT2D eigenvalue weighted by Crippen LogP contribution is -2.33. The van der Waals surface area contributed by atoms with Crippen molar-refractivity contribution >= 4 is 39.1 Å². The molecular weight excluding hydrogens is 308 g/mol. The number of rotatable bonds is 2. The zero-order valence-corrected chi connectivity index (χ0v) is 13.5. The standard InChI is InChI=1S/C14H17ClN4OS/c1-10(20)19-5-2-4-18(6-7-19)9-12-16-13(15)11-3-8-21-14(11)17-12/h3,8H,2,4-7,9H2,1H3. The Morgan fingerprint density at radius 3 is 3.00 bits per heavy atom. The summed E-state index contributed by atoms with van der Waals surface area (Å²) < 4.78 is 0. The van der Waals surface area contributed by atoms with Crippen LogP contribution in [0.3, 0.4) is 0 Å². The van der Waals surface area contributed by atoms with Gasteiger partial charge in [0.25, 0.3) is 0 Å². The van der Waals surface area contributed by atoms with Crippen LogP contribution in [-0.4, -0.2) is 51.9 Å². The summed E-state index contributed by atoms with van der Waals surface area (Å²) in [5.41, 5.74) is 0. The van der Waals surface area contributed by atoms with Gasteiger partial charge in [-0.25, -0.2) is 9.97 Å². The third kappa shape index (κ3) is 3.33. The lowest BCUT2D eigenvalue weighted by molar-refractivity contribution is -0.128. The summed E-state index contributed by atoms with van der Waals surface area (Å²) in [6.07, 6.45) is 0.981. The van der Waals surface area contributed by atoms with E-state index in [1.54, 1.807) is 18.3 Å². The monoisotopic (exact) mass is 324 g/mol. The maximum absolute atomic E-state index is 11.4. The van der Waals surface area contributed by atoms with Crippen LogP contribution in [0.2, 0.25) is 5.15 Å². The van der Waals surface area contributed by atoms with Crippen LogP contribution in [0.4, 0.5) is 0 Å². The first kappa shape index (κ1) is 14.7. The number of carbonyl (C=O) groups excluding carboxylic acids is 1. The van der Waals surface area contributed by atoms with Crippen molar-refractivity contribution in [2.45, 2.75) is 19.9 Å². The van der Waals surface area contributed by atoms with Crippen molar-refractivity contribution in [3.05, 3.63) is 22.4 Å². The molecule has 2 aromatic heterocycles. The molecule has 0 saturated carbocycles. The highest BCUT2D eigenvalue weighted by atomic mass is 35.5. The highest BCUT2D eigenvalue weighted by molar-refractivity contribution is 7.16. The molecule has 1 aliphatic rings. The van der Waals surface area contributed by atoms with E-state index in [1.807, 2.05) is 16.3 Å². The Labute approximate surface area is 132 Å². The summed E-state index contributed by atoms with van der Waals surface area (Å²) >= 11 is 7.78. The number of carbonyl (C=O) groups is 1. The normalized spacial score (nSPS) is 17.1. The quantitative estimate of drug-likeness (QED) is 0.796. The number of thiophene rings is 1. The van der Waals surface area contributed by atoms with E-state index in [1.165, 1.54) is 0 Å². The zero-order valence-electron chi connectivity index (χ0n) is 11.9. The van der Waals surface area contributed by atoms with Crippen molar-refractivity contribution in [2.24, 2.45) is 0 Å². The maximum Gasteiger partial charge on any atom is 0.219 e. The van der Waals surface area contributed by atoms with E-state index in [-0.39, 0.29) is 5.91 Å². The van der Waals surface area contributed by atoms with E-state index in [2.05, 4.69) is 14.9 Å². The molecule has 0 unspecified atom stereocenters. The van der Waals surface area contributed by atoms with Crippen molar-refractivity contribution in [1.29, 1.82) is 0 Å². The van der Waals surface area contributed by atoms with Crippen LogP contribution < -0.4 is 0 Å². The van der Waals surface area contributed by atoms with Gasteiger partial charge in [-0.2, -0.15) is 0 Å². The smallest absolute Gasteiger partial charge is 0.219 e. The van der Waals surface area contributed by atoms with Gasteiger partial charge in [0.1, 0.15) is 15.8 Å². The first-order chi connectivity index (χ1) is 10.1. The van der Waals surface area contributed by atoms with Crippen molar-refractivity contribution in [3.8, 4) is 0 Å². The second-order valence-electron chi connectivity index (χ2n) is 5.21. The fraction of sp³-hybridized carbons (Fsp3) is 0.500. The lowest BCUT2D eigenvalue weighted by Gasteiger charge is -2.20. The Hall–Kier alpha value is -1.24. The van der Waals surface area contributed by atoms with E-state index in [4.69, 9.17) is 11.6 Å². The minimum Gasteiger partial charge on any atom is -0.342 e. The van der Waals surface area contributed by atoms with Gasteiger partial charge in [-0.3, -0.25) is 9.69 Å². The number of fused-ring (bicyclic) bond motifs is 1. The van der Waals surface area contributed by atoms with E-state index in [9.17, 15) is 4.79 Å². The van der Waals surface area contributed by atoms with Crippen LogP contribution >= 0.6 is 22.9 Å². The van der Waals surface area contributed by atoms with Crippen molar-refractivity contribution in [2.75, 3.05) is 26.2 Å². The zero-order chi connectivity index (χ0) is 14.8. The minimum atomic E-state index is 0.149. The largest absolute Gasteiger partial charge is 0.342 e. The second kappa shape index (κ2) is 6.25.